The number of carbonyl (C=O) groups is 11. The zero-order valence-corrected chi connectivity index (χ0v) is 71.3. The average Bonchev–Trinajstić information content (AvgIpc) is 0.777. The van der Waals surface area contributed by atoms with E-state index >= 15 is 24.0 Å². The first kappa shape index (κ1) is 94.1. The Labute approximate surface area is 756 Å². The molecule has 0 bridgehead atoms. The predicted molar refractivity (Wildman–Crippen MR) is 458 cm³/mol. The number of aliphatic hydroxyl groups is 1. The molecule has 0 saturated carbocycles. The maximum Gasteiger partial charge on any atom is 0.338 e. The van der Waals surface area contributed by atoms with Gasteiger partial charge in [0.1, 0.15) is 43.2 Å². The van der Waals surface area contributed by atoms with Gasteiger partial charge in [0.05, 0.1) is 77.5 Å². The molecule has 10 aromatic carbocycles. The summed E-state index contributed by atoms with van der Waals surface area (Å²) in [6.45, 7) is -0.428. The molecule has 0 aromatic heterocycles. The molecule has 4 fully saturated rings. The van der Waals surface area contributed by atoms with Crippen LogP contribution < -0.4 is 0 Å². The van der Waals surface area contributed by atoms with Gasteiger partial charge in [-0.05, 0) is 108 Å². The van der Waals surface area contributed by atoms with E-state index in [0.29, 0.717) is 11.1 Å². The third-order valence-corrected chi connectivity index (χ3v) is 21.3. The van der Waals surface area contributed by atoms with Crippen LogP contribution in [-0.4, -0.2) is 220 Å². The minimum atomic E-state index is -2.29. The van der Waals surface area contributed by atoms with Crippen molar-refractivity contribution in [3.05, 3.63) is 359 Å². The Kier molecular flexibility index (Phi) is 32.8. The van der Waals surface area contributed by atoms with Crippen molar-refractivity contribution in [3.63, 3.8) is 0 Å². The van der Waals surface area contributed by atoms with Crippen LogP contribution in [0.25, 0.3) is 0 Å². The SMILES string of the molecule is CC(=O)OC[C@H]1O[C@H](OC[C@H]2O[C@H](OC[C@H]3O[C@@H](OC[C@H]4O[C@H](O)[C@H](OC(=O)c5ccccc5)[C@@H](OC(=O)c5ccccc5)[C@H]4OC(=O)c4ccccc4)[C@H](OC(=O)c4ccccc4)[C@@H](OC(=O)c4ccccc4)[C@H]3OC(=O)c3ccccc3)[C@H](OC(=O)c3ccccc3)[C@@H](OC(=O)c3ccccc3)[C@H]2OC(C)=O)[C@H](OCc2ccccc2)[C@@H](OCc2ccccc2)[C@H]1OC(C)=O. The van der Waals surface area contributed by atoms with Gasteiger partial charge >= 0.3 is 65.7 Å². The Hall–Kier alpha value is -14.0. The van der Waals surface area contributed by atoms with Gasteiger partial charge in [-0.3, -0.25) is 14.4 Å². The first-order chi connectivity index (χ1) is 64.2. The number of aliphatic hydroxyl groups excluding tert-OH is 1. The highest BCUT2D eigenvalue weighted by atomic mass is 16.8. The Balaban J connectivity index is 0.897. The van der Waals surface area contributed by atoms with Crippen molar-refractivity contribution in [1.82, 2.24) is 0 Å². The summed E-state index contributed by atoms with van der Waals surface area (Å²) in [6.07, 6.45) is -38.1. The molecule has 32 heteroatoms. The molecule has 20 atom stereocenters. The van der Waals surface area contributed by atoms with Gasteiger partial charge in [-0.1, -0.05) is 206 Å². The zero-order chi connectivity index (χ0) is 92.4. The molecule has 4 saturated heterocycles. The first-order valence-electron chi connectivity index (χ1n) is 42.2. The highest BCUT2D eigenvalue weighted by Crippen LogP contribution is 2.39. The molecule has 132 heavy (non-hydrogen) atoms. The van der Waals surface area contributed by atoms with Crippen LogP contribution in [0.3, 0.4) is 0 Å². The molecule has 684 valence electrons. The van der Waals surface area contributed by atoms with Crippen molar-refractivity contribution in [2.45, 2.75) is 157 Å². The summed E-state index contributed by atoms with van der Waals surface area (Å²) in [5, 5.41) is 12.4. The molecular weight excluding hydrogens is 1710 g/mol. The van der Waals surface area contributed by atoms with Gasteiger partial charge in [-0.15, -0.1) is 0 Å². The molecule has 4 aliphatic rings. The molecule has 0 spiro atoms. The van der Waals surface area contributed by atoms with E-state index in [-0.39, 0.29) is 57.7 Å². The highest BCUT2D eigenvalue weighted by molar-refractivity contribution is 5.94. The van der Waals surface area contributed by atoms with Crippen molar-refractivity contribution in [3.8, 4) is 0 Å². The van der Waals surface area contributed by atoms with E-state index in [9.17, 15) is 33.9 Å². The zero-order valence-electron chi connectivity index (χ0n) is 71.3. The normalized spacial score (nSPS) is 24.9. The van der Waals surface area contributed by atoms with Gasteiger partial charge in [-0.2, -0.15) is 0 Å². The molecule has 4 heterocycles. The predicted octanol–water partition coefficient (Wildman–Crippen LogP) is 11.3. The van der Waals surface area contributed by atoms with E-state index in [0.717, 1.165) is 20.8 Å². The minimum Gasteiger partial charge on any atom is -0.463 e. The molecule has 10 aromatic rings. The quantitative estimate of drug-likeness (QED) is 0.0285. The smallest absolute Gasteiger partial charge is 0.338 e. The topological polar surface area (TPSA) is 393 Å². The van der Waals surface area contributed by atoms with Crippen LogP contribution in [0, 0.1) is 0 Å². The summed E-state index contributed by atoms with van der Waals surface area (Å²) in [4.78, 5) is 159. The molecule has 0 radical (unpaired) electrons. The second-order valence-corrected chi connectivity index (χ2v) is 30.6. The number of rotatable bonds is 35. The monoisotopic (exact) mass is 1800 g/mol. The van der Waals surface area contributed by atoms with Crippen LogP contribution in [0.15, 0.2) is 303 Å². The molecule has 4 aliphatic heterocycles. The van der Waals surface area contributed by atoms with Crippen LogP contribution in [0.1, 0.15) is 115 Å². The lowest BCUT2D eigenvalue weighted by Crippen LogP contribution is -2.66. The molecule has 0 amide bonds. The lowest BCUT2D eigenvalue weighted by atomic mass is 9.96. The number of esters is 11. The Morgan fingerprint density at radius 1 is 0.220 bits per heavy atom. The van der Waals surface area contributed by atoms with E-state index in [1.54, 1.807) is 109 Å². The van der Waals surface area contributed by atoms with Gasteiger partial charge in [0, 0.05) is 20.8 Å². The van der Waals surface area contributed by atoms with Gasteiger partial charge in [-0.25, -0.2) is 38.4 Å². The number of carbonyl (C=O) groups excluding carboxylic acids is 11. The van der Waals surface area contributed by atoms with Crippen molar-refractivity contribution in [1.29, 1.82) is 0 Å². The van der Waals surface area contributed by atoms with Crippen molar-refractivity contribution in [2.24, 2.45) is 0 Å². The summed E-state index contributed by atoms with van der Waals surface area (Å²) in [5.74, 6) is -11.4. The van der Waals surface area contributed by atoms with Crippen molar-refractivity contribution >= 4 is 65.7 Å². The summed E-state index contributed by atoms with van der Waals surface area (Å²) in [5.41, 5.74) is 0.677. The lowest BCUT2D eigenvalue weighted by molar-refractivity contribution is -0.348. The maximum atomic E-state index is 15.2. The average molecular weight is 1810 g/mol. The maximum absolute atomic E-state index is 15.2. The second-order valence-electron chi connectivity index (χ2n) is 30.6. The standard InChI is InChI=1S/C100H92O32/c1-60(101)113-56-74-77(119-61(2)102)81(114-54-63-34-14-4-15-35-63)86(115-55-64-36-16-5-17-37-64)98(122-74)116-58-75-78(120-62(3)103)83(128-92(107)68-44-24-9-25-45-68)87(131-95(110)71-50-30-12-31-51-71)99(123-75)118-59-76-80(126-90(105)66-40-20-7-21-41-66)84(129-93(108)69-46-26-10-27-47-69)88(132-96(111)72-52-32-13-33-53-72)100(124-76)117-57-73-79(125-89(104)65-38-18-6-19-39-65)82(127-91(106)67-42-22-8-23-43-67)85(97(112)121-73)130-94(109)70-48-28-11-29-49-70/h4-53,73-88,97-100,112H,54-59H2,1-3H3/t73-,74-,75-,76-,77+,78+,79+,80+,81+,82+,83+,84+,85-,86-,87-,88-,97+,98+,99+,100-/m1/s1. The second kappa shape index (κ2) is 46.0. The van der Waals surface area contributed by atoms with Gasteiger partial charge in [0.25, 0.3) is 0 Å². The minimum absolute atomic E-state index is 0.0280. The number of hydrogen-bond acceptors (Lipinski definition) is 32. The summed E-state index contributed by atoms with van der Waals surface area (Å²) < 4.78 is 130. The summed E-state index contributed by atoms with van der Waals surface area (Å²) in [7, 11) is 0. The first-order valence-corrected chi connectivity index (χ1v) is 42.2. The molecule has 0 aliphatic carbocycles. The van der Waals surface area contributed by atoms with Crippen molar-refractivity contribution < 1.29 is 153 Å². The summed E-state index contributed by atoms with van der Waals surface area (Å²) in [6, 6.07) is 77.6. The summed E-state index contributed by atoms with van der Waals surface area (Å²) >= 11 is 0. The largest absolute Gasteiger partial charge is 0.463 e. The van der Waals surface area contributed by atoms with Gasteiger partial charge in [0.2, 0.25) is 0 Å². The Bertz CT molecular complexity index is 5480. The highest BCUT2D eigenvalue weighted by Gasteiger charge is 2.60. The van der Waals surface area contributed by atoms with Crippen LogP contribution in [0.2, 0.25) is 0 Å². The third kappa shape index (κ3) is 24.9. The van der Waals surface area contributed by atoms with Gasteiger partial charge < -0.3 is 99.8 Å². The Morgan fingerprint density at radius 2 is 0.432 bits per heavy atom. The Morgan fingerprint density at radius 3 is 0.712 bits per heavy atom. The molecular formula is C100H92O32. The van der Waals surface area contributed by atoms with Crippen LogP contribution in [-0.2, 0) is 122 Å². The number of hydrogen-bond donors (Lipinski definition) is 1. The van der Waals surface area contributed by atoms with Crippen molar-refractivity contribution in [2.75, 3.05) is 26.4 Å². The molecule has 0 unspecified atom stereocenters. The fourth-order valence-electron chi connectivity index (χ4n) is 15.0. The van der Waals surface area contributed by atoms with E-state index in [2.05, 4.69) is 0 Å². The van der Waals surface area contributed by atoms with E-state index in [1.807, 2.05) is 0 Å². The third-order valence-electron chi connectivity index (χ3n) is 21.3. The van der Waals surface area contributed by atoms with E-state index in [4.69, 9.17) is 94.7 Å². The van der Waals surface area contributed by atoms with Gasteiger partial charge in [0.15, 0.2) is 86.2 Å². The number of ether oxygens (including phenoxy) is 20. The number of benzene rings is 10. The lowest BCUT2D eigenvalue weighted by Gasteiger charge is -2.48. The van der Waals surface area contributed by atoms with Crippen LogP contribution in [0.4, 0.5) is 0 Å². The fraction of sp³-hybridized carbons (Fsp3) is 0.290. The molecule has 14 rings (SSSR count). The fourth-order valence-corrected chi connectivity index (χ4v) is 15.0. The molecule has 32 nitrogen and oxygen atoms in total. The van der Waals surface area contributed by atoms with Crippen LogP contribution >= 0.6 is 0 Å². The molecule has 1 N–H and O–H groups in total. The van der Waals surface area contributed by atoms with E-state index < -0.39 is 215 Å². The van der Waals surface area contributed by atoms with E-state index in [1.165, 1.54) is 194 Å². The van der Waals surface area contributed by atoms with Crippen LogP contribution in [0.5, 0.6) is 0 Å².